The van der Waals surface area contributed by atoms with Gasteiger partial charge in [-0.05, 0) is 25.3 Å². The number of methoxy groups -OCH3 is 1. The predicted molar refractivity (Wildman–Crippen MR) is 74.0 cm³/mol. The van der Waals surface area contributed by atoms with Crippen LogP contribution in [-0.4, -0.2) is 30.1 Å². The summed E-state index contributed by atoms with van der Waals surface area (Å²) in [5.41, 5.74) is -0.156. The fourth-order valence-corrected chi connectivity index (χ4v) is 2.74. The number of benzene rings is 1. The SMILES string of the molecule is COC1CCCC1NC(=O)c1cccc([N+](=O)[O-])c1Cl. The first-order valence-corrected chi connectivity index (χ1v) is 6.69. The number of ether oxygens (including phenoxy) is 1. The number of carbonyl (C=O) groups is 1. The smallest absolute Gasteiger partial charge is 0.288 e. The highest BCUT2D eigenvalue weighted by atomic mass is 35.5. The van der Waals surface area contributed by atoms with Crippen molar-refractivity contribution in [1.29, 1.82) is 0 Å². The molecule has 7 heteroatoms. The molecule has 0 spiro atoms. The first-order valence-electron chi connectivity index (χ1n) is 6.31. The Labute approximate surface area is 121 Å². The minimum atomic E-state index is -0.605. The van der Waals surface area contributed by atoms with E-state index in [1.165, 1.54) is 18.2 Å². The number of nitro groups is 1. The van der Waals surface area contributed by atoms with Crippen molar-refractivity contribution >= 4 is 23.2 Å². The molecule has 6 nitrogen and oxygen atoms in total. The molecule has 0 bridgehead atoms. The van der Waals surface area contributed by atoms with Crippen LogP contribution in [0.3, 0.4) is 0 Å². The molecule has 0 aliphatic heterocycles. The molecule has 20 heavy (non-hydrogen) atoms. The Hall–Kier alpha value is -1.66. The molecule has 2 unspecified atom stereocenters. The third-order valence-electron chi connectivity index (χ3n) is 3.49. The zero-order chi connectivity index (χ0) is 14.7. The lowest BCUT2D eigenvalue weighted by molar-refractivity contribution is -0.384. The standard InChI is InChI=1S/C13H15ClN2O4/c1-20-11-7-3-5-9(11)15-13(17)8-4-2-6-10(12(8)14)16(18)19/h2,4,6,9,11H,3,5,7H2,1H3,(H,15,17). The molecule has 1 aromatic rings. The maximum atomic E-state index is 12.2. The molecule has 0 radical (unpaired) electrons. The quantitative estimate of drug-likeness (QED) is 0.684. The molecule has 0 aromatic heterocycles. The summed E-state index contributed by atoms with van der Waals surface area (Å²) < 4.78 is 5.30. The van der Waals surface area contributed by atoms with Crippen LogP contribution in [0.4, 0.5) is 5.69 Å². The number of halogens is 1. The van der Waals surface area contributed by atoms with Gasteiger partial charge >= 0.3 is 0 Å². The topological polar surface area (TPSA) is 81.5 Å². The first kappa shape index (κ1) is 14.7. The van der Waals surface area contributed by atoms with Crippen LogP contribution in [-0.2, 0) is 4.74 Å². The van der Waals surface area contributed by atoms with Crippen molar-refractivity contribution in [3.05, 3.63) is 38.9 Å². The Morgan fingerprint density at radius 2 is 2.25 bits per heavy atom. The van der Waals surface area contributed by atoms with Crippen molar-refractivity contribution in [3.8, 4) is 0 Å². The zero-order valence-electron chi connectivity index (χ0n) is 11.0. The molecule has 1 fully saturated rings. The molecular weight excluding hydrogens is 284 g/mol. The van der Waals surface area contributed by atoms with Crippen molar-refractivity contribution in [3.63, 3.8) is 0 Å². The highest BCUT2D eigenvalue weighted by Crippen LogP contribution is 2.28. The monoisotopic (exact) mass is 298 g/mol. The number of nitrogens with zero attached hydrogens (tertiary/aromatic N) is 1. The Balaban J connectivity index is 2.17. The number of amides is 1. The lowest BCUT2D eigenvalue weighted by atomic mass is 10.1. The minimum absolute atomic E-state index is 0.0172. The van der Waals surface area contributed by atoms with Gasteiger partial charge in [0.25, 0.3) is 11.6 Å². The van der Waals surface area contributed by atoms with Crippen LogP contribution in [0.15, 0.2) is 18.2 Å². The van der Waals surface area contributed by atoms with Gasteiger partial charge in [0, 0.05) is 13.2 Å². The second kappa shape index (κ2) is 6.19. The number of nitro benzene ring substituents is 1. The summed E-state index contributed by atoms with van der Waals surface area (Å²) in [6.07, 6.45) is 2.68. The molecule has 1 aliphatic rings. The number of hydrogen-bond acceptors (Lipinski definition) is 4. The summed E-state index contributed by atoms with van der Waals surface area (Å²) in [5, 5.41) is 13.5. The normalized spacial score (nSPS) is 21.7. The van der Waals surface area contributed by atoms with E-state index in [4.69, 9.17) is 16.3 Å². The van der Waals surface area contributed by atoms with Gasteiger partial charge < -0.3 is 10.1 Å². The fourth-order valence-electron chi connectivity index (χ4n) is 2.46. The van der Waals surface area contributed by atoms with Crippen molar-refractivity contribution in [2.75, 3.05) is 7.11 Å². The van der Waals surface area contributed by atoms with Gasteiger partial charge in [-0.25, -0.2) is 0 Å². The van der Waals surface area contributed by atoms with Gasteiger partial charge in [0.15, 0.2) is 0 Å². The molecule has 2 atom stereocenters. The lowest BCUT2D eigenvalue weighted by Crippen LogP contribution is -2.40. The largest absolute Gasteiger partial charge is 0.379 e. The van der Waals surface area contributed by atoms with Crippen LogP contribution >= 0.6 is 11.6 Å². The van der Waals surface area contributed by atoms with Crippen LogP contribution in [0.2, 0.25) is 5.02 Å². The molecule has 0 saturated heterocycles. The van der Waals surface area contributed by atoms with E-state index in [0.717, 1.165) is 19.3 Å². The van der Waals surface area contributed by atoms with Crippen molar-refractivity contribution in [2.24, 2.45) is 0 Å². The highest BCUT2D eigenvalue weighted by molar-refractivity contribution is 6.35. The van der Waals surface area contributed by atoms with Crippen molar-refractivity contribution in [2.45, 2.75) is 31.4 Å². The van der Waals surface area contributed by atoms with Gasteiger partial charge in [0.05, 0.1) is 22.6 Å². The van der Waals surface area contributed by atoms with E-state index in [1.54, 1.807) is 7.11 Å². The summed E-state index contributed by atoms with van der Waals surface area (Å²) in [6, 6.07) is 4.11. The van der Waals surface area contributed by atoms with E-state index >= 15 is 0 Å². The van der Waals surface area contributed by atoms with Crippen molar-refractivity contribution < 1.29 is 14.5 Å². The molecule has 2 rings (SSSR count). The van der Waals surface area contributed by atoms with Crippen LogP contribution in [0.1, 0.15) is 29.6 Å². The van der Waals surface area contributed by atoms with Gasteiger partial charge in [-0.3, -0.25) is 14.9 Å². The maximum Gasteiger partial charge on any atom is 0.288 e. The molecule has 1 aromatic carbocycles. The maximum absolute atomic E-state index is 12.2. The van der Waals surface area contributed by atoms with Gasteiger partial charge in [-0.1, -0.05) is 17.7 Å². The second-order valence-electron chi connectivity index (χ2n) is 4.68. The Morgan fingerprint density at radius 1 is 1.50 bits per heavy atom. The molecule has 1 saturated carbocycles. The molecule has 1 N–H and O–H groups in total. The second-order valence-corrected chi connectivity index (χ2v) is 5.06. The van der Waals surface area contributed by atoms with E-state index in [2.05, 4.69) is 5.32 Å². The summed E-state index contributed by atoms with van der Waals surface area (Å²) >= 11 is 5.92. The van der Waals surface area contributed by atoms with Gasteiger partial charge in [0.2, 0.25) is 0 Å². The zero-order valence-corrected chi connectivity index (χ0v) is 11.7. The molecular formula is C13H15ClN2O4. The Bertz CT molecular complexity index is 535. The van der Waals surface area contributed by atoms with E-state index < -0.39 is 10.8 Å². The number of hydrogen-bond donors (Lipinski definition) is 1. The molecule has 1 aliphatic carbocycles. The number of carbonyl (C=O) groups excluding carboxylic acids is 1. The molecule has 0 heterocycles. The van der Waals surface area contributed by atoms with E-state index in [0.29, 0.717) is 0 Å². The highest BCUT2D eigenvalue weighted by Gasteiger charge is 2.30. The molecule has 108 valence electrons. The van der Waals surface area contributed by atoms with Crippen LogP contribution < -0.4 is 5.32 Å². The summed E-state index contributed by atoms with van der Waals surface area (Å²) in [4.78, 5) is 22.4. The van der Waals surface area contributed by atoms with Crippen LogP contribution in [0.25, 0.3) is 0 Å². The van der Waals surface area contributed by atoms with Gasteiger partial charge in [-0.2, -0.15) is 0 Å². The predicted octanol–water partition coefficient (Wildman–Crippen LogP) is 2.55. The van der Waals surface area contributed by atoms with E-state index in [1.807, 2.05) is 0 Å². The fraction of sp³-hybridized carbons (Fsp3) is 0.462. The third kappa shape index (κ3) is 2.91. The van der Waals surface area contributed by atoms with Gasteiger partial charge in [0.1, 0.15) is 5.02 Å². The van der Waals surface area contributed by atoms with Crippen molar-refractivity contribution in [1.82, 2.24) is 5.32 Å². The average Bonchev–Trinajstić information content (AvgIpc) is 2.85. The Morgan fingerprint density at radius 3 is 2.90 bits per heavy atom. The minimum Gasteiger partial charge on any atom is -0.379 e. The summed E-state index contributed by atoms with van der Waals surface area (Å²) in [5.74, 6) is -0.410. The average molecular weight is 299 g/mol. The Kier molecular flexibility index (Phi) is 4.57. The third-order valence-corrected chi connectivity index (χ3v) is 3.89. The summed E-state index contributed by atoms with van der Waals surface area (Å²) in [6.45, 7) is 0. The summed E-state index contributed by atoms with van der Waals surface area (Å²) in [7, 11) is 1.61. The first-order chi connectivity index (χ1) is 9.54. The molecule has 1 amide bonds. The van der Waals surface area contributed by atoms with Crippen LogP contribution in [0, 0.1) is 10.1 Å². The van der Waals surface area contributed by atoms with Gasteiger partial charge in [-0.15, -0.1) is 0 Å². The number of rotatable bonds is 4. The van der Waals surface area contributed by atoms with Crippen LogP contribution in [0.5, 0.6) is 0 Å². The van der Waals surface area contributed by atoms with E-state index in [9.17, 15) is 14.9 Å². The number of nitrogens with one attached hydrogen (secondary N) is 1. The lowest BCUT2D eigenvalue weighted by Gasteiger charge is -2.19. The van der Waals surface area contributed by atoms with E-state index in [-0.39, 0.29) is 28.4 Å².